The molecular weight excluding hydrogens is 350 g/mol. The molecule has 4 nitrogen and oxygen atoms in total. The number of ketones is 2. The monoisotopic (exact) mass is 373 g/mol. The first-order valence-electron chi connectivity index (χ1n) is 10.1. The van der Waals surface area contributed by atoms with Crippen LogP contribution in [-0.4, -0.2) is 23.2 Å². The molecule has 28 heavy (non-hydrogen) atoms. The number of hydrogen-bond acceptors (Lipinski definition) is 3. The molecule has 5 rings (SSSR count). The van der Waals surface area contributed by atoms with Crippen molar-refractivity contribution in [1.82, 2.24) is 4.98 Å². The number of Topliss-reactive ketones (excluding diaryl/α,β-unsaturated/α-hetero) is 2. The fourth-order valence-electron chi connectivity index (χ4n) is 4.26. The van der Waals surface area contributed by atoms with Crippen LogP contribution < -0.4 is 4.74 Å². The average molecular weight is 373 g/mol. The first kappa shape index (κ1) is 17.2. The zero-order chi connectivity index (χ0) is 19.3. The molecule has 1 aromatic heterocycles. The maximum atomic E-state index is 12.8. The van der Waals surface area contributed by atoms with Gasteiger partial charge in [0, 0.05) is 47.0 Å². The van der Waals surface area contributed by atoms with Gasteiger partial charge in [-0.05, 0) is 48.6 Å². The summed E-state index contributed by atoms with van der Waals surface area (Å²) in [6, 6.07) is 12.0. The van der Waals surface area contributed by atoms with Gasteiger partial charge >= 0.3 is 0 Å². The van der Waals surface area contributed by atoms with E-state index in [1.165, 1.54) is 5.56 Å². The maximum Gasteiger partial charge on any atom is 0.166 e. The van der Waals surface area contributed by atoms with Gasteiger partial charge in [0.25, 0.3) is 0 Å². The SMILES string of the molecule is CCC(=O)c1cc(C(=O)CC2CC2)cc2c1OC[C@@H]2c1cccc2[nH]ccc12. The van der Waals surface area contributed by atoms with Crippen LogP contribution in [0.15, 0.2) is 42.6 Å². The Hall–Kier alpha value is -2.88. The number of hydrogen-bond donors (Lipinski definition) is 1. The number of fused-ring (bicyclic) bond motifs is 2. The van der Waals surface area contributed by atoms with Gasteiger partial charge in [0.1, 0.15) is 5.75 Å². The summed E-state index contributed by atoms with van der Waals surface area (Å²) >= 11 is 0. The van der Waals surface area contributed by atoms with Gasteiger partial charge in [0.2, 0.25) is 0 Å². The molecule has 0 saturated heterocycles. The number of nitrogens with one attached hydrogen (secondary N) is 1. The molecule has 142 valence electrons. The highest BCUT2D eigenvalue weighted by atomic mass is 16.5. The van der Waals surface area contributed by atoms with E-state index < -0.39 is 0 Å². The molecule has 1 saturated carbocycles. The third-order valence-corrected chi connectivity index (χ3v) is 6.01. The highest BCUT2D eigenvalue weighted by Crippen LogP contribution is 2.44. The summed E-state index contributed by atoms with van der Waals surface area (Å²) in [5.74, 6) is 1.37. The van der Waals surface area contributed by atoms with E-state index in [0.717, 1.165) is 29.3 Å². The lowest BCUT2D eigenvalue weighted by Crippen LogP contribution is -2.07. The first-order valence-corrected chi connectivity index (χ1v) is 10.1. The van der Waals surface area contributed by atoms with E-state index in [2.05, 4.69) is 23.2 Å². The predicted octanol–water partition coefficient (Wildman–Crippen LogP) is 5.27. The Morgan fingerprint density at radius 3 is 2.75 bits per heavy atom. The highest BCUT2D eigenvalue weighted by Gasteiger charge is 2.33. The minimum absolute atomic E-state index is 0.0200. The van der Waals surface area contributed by atoms with E-state index in [-0.39, 0.29) is 17.5 Å². The zero-order valence-electron chi connectivity index (χ0n) is 16.0. The molecule has 0 unspecified atom stereocenters. The summed E-state index contributed by atoms with van der Waals surface area (Å²) in [7, 11) is 0. The van der Waals surface area contributed by atoms with Crippen LogP contribution in [-0.2, 0) is 0 Å². The molecule has 1 aliphatic carbocycles. The molecule has 2 aromatic carbocycles. The van der Waals surface area contributed by atoms with Crippen molar-refractivity contribution >= 4 is 22.5 Å². The summed E-state index contributed by atoms with van der Waals surface area (Å²) in [6.07, 6.45) is 5.19. The van der Waals surface area contributed by atoms with Crippen molar-refractivity contribution in [3.05, 3.63) is 64.8 Å². The largest absolute Gasteiger partial charge is 0.492 e. The van der Waals surface area contributed by atoms with E-state index in [1.54, 1.807) is 6.07 Å². The van der Waals surface area contributed by atoms with Crippen LogP contribution >= 0.6 is 0 Å². The molecule has 1 atom stereocenters. The lowest BCUT2D eigenvalue weighted by atomic mass is 9.87. The van der Waals surface area contributed by atoms with Gasteiger partial charge in [-0.25, -0.2) is 0 Å². The van der Waals surface area contributed by atoms with Gasteiger partial charge in [0.15, 0.2) is 11.6 Å². The number of rotatable bonds is 6. The van der Waals surface area contributed by atoms with Crippen LogP contribution in [0.5, 0.6) is 5.75 Å². The standard InChI is InChI=1S/C24H23NO3/c1-2-22(26)19-12-15(23(27)10-14-6-7-14)11-18-20(13-28-24(18)19)16-4-3-5-21-17(16)8-9-25-21/h3-5,8-9,11-12,14,20,25H,2,6-7,10,13H2,1H3/t20-/m1/s1. The summed E-state index contributed by atoms with van der Waals surface area (Å²) in [5.41, 5.74) is 4.42. The van der Waals surface area contributed by atoms with Gasteiger partial charge in [-0.15, -0.1) is 0 Å². The van der Waals surface area contributed by atoms with Crippen LogP contribution in [0.3, 0.4) is 0 Å². The minimum Gasteiger partial charge on any atom is -0.492 e. The predicted molar refractivity (Wildman–Crippen MR) is 108 cm³/mol. The van der Waals surface area contributed by atoms with Crippen LogP contribution in [0.25, 0.3) is 10.9 Å². The van der Waals surface area contributed by atoms with Crippen molar-refractivity contribution in [1.29, 1.82) is 0 Å². The molecule has 1 aliphatic heterocycles. The molecule has 0 radical (unpaired) electrons. The van der Waals surface area contributed by atoms with Crippen LogP contribution in [0.1, 0.15) is 70.4 Å². The third-order valence-electron chi connectivity index (χ3n) is 6.01. The smallest absolute Gasteiger partial charge is 0.166 e. The minimum atomic E-state index is 0.0200. The molecule has 0 amide bonds. The Balaban J connectivity index is 1.63. The molecule has 2 aliphatic rings. The zero-order valence-corrected chi connectivity index (χ0v) is 16.0. The van der Waals surface area contributed by atoms with Crippen molar-refractivity contribution in [2.75, 3.05) is 6.61 Å². The Bertz CT molecular complexity index is 1090. The Labute approximate surface area is 163 Å². The number of ether oxygens (including phenoxy) is 1. The average Bonchev–Trinajstić information content (AvgIpc) is 3.23. The van der Waals surface area contributed by atoms with Gasteiger partial charge < -0.3 is 9.72 Å². The fourth-order valence-corrected chi connectivity index (χ4v) is 4.26. The van der Waals surface area contributed by atoms with Crippen molar-refractivity contribution in [2.45, 2.75) is 38.5 Å². The number of carbonyl (C=O) groups is 2. The van der Waals surface area contributed by atoms with Gasteiger partial charge in [-0.1, -0.05) is 19.1 Å². The van der Waals surface area contributed by atoms with Crippen LogP contribution in [0.2, 0.25) is 0 Å². The van der Waals surface area contributed by atoms with E-state index in [9.17, 15) is 9.59 Å². The summed E-state index contributed by atoms with van der Waals surface area (Å²) in [5, 5.41) is 1.15. The molecule has 2 heterocycles. The summed E-state index contributed by atoms with van der Waals surface area (Å²) in [6.45, 7) is 2.34. The van der Waals surface area contributed by atoms with Crippen molar-refractivity contribution < 1.29 is 14.3 Å². The van der Waals surface area contributed by atoms with Gasteiger partial charge in [-0.2, -0.15) is 0 Å². The molecule has 4 heteroatoms. The third kappa shape index (κ3) is 2.84. The Morgan fingerprint density at radius 1 is 1.11 bits per heavy atom. The topological polar surface area (TPSA) is 59.2 Å². The van der Waals surface area contributed by atoms with Crippen molar-refractivity contribution in [2.24, 2.45) is 5.92 Å². The fraction of sp³-hybridized carbons (Fsp3) is 0.333. The maximum absolute atomic E-state index is 12.8. The molecule has 3 aromatic rings. The molecule has 1 fully saturated rings. The first-order chi connectivity index (χ1) is 13.7. The number of aromatic amines is 1. The molecular formula is C24H23NO3. The Morgan fingerprint density at radius 2 is 1.96 bits per heavy atom. The lowest BCUT2D eigenvalue weighted by Gasteiger charge is -2.13. The Kier molecular flexibility index (Phi) is 4.08. The lowest BCUT2D eigenvalue weighted by molar-refractivity contribution is 0.0976. The number of aromatic nitrogens is 1. The van der Waals surface area contributed by atoms with E-state index in [1.807, 2.05) is 25.3 Å². The van der Waals surface area contributed by atoms with E-state index >= 15 is 0 Å². The number of H-pyrrole nitrogens is 1. The normalized spacial score (nSPS) is 18.1. The second-order valence-corrected chi connectivity index (χ2v) is 7.94. The molecule has 1 N–H and O–H groups in total. The quantitative estimate of drug-likeness (QED) is 0.599. The van der Waals surface area contributed by atoms with Gasteiger partial charge in [0.05, 0.1) is 12.2 Å². The van der Waals surface area contributed by atoms with E-state index in [0.29, 0.717) is 42.2 Å². The number of carbonyl (C=O) groups excluding carboxylic acids is 2. The second-order valence-electron chi connectivity index (χ2n) is 7.94. The molecule has 0 spiro atoms. The summed E-state index contributed by atoms with van der Waals surface area (Å²) in [4.78, 5) is 28.7. The number of benzene rings is 2. The highest BCUT2D eigenvalue weighted by molar-refractivity contribution is 6.04. The van der Waals surface area contributed by atoms with Crippen molar-refractivity contribution in [3.63, 3.8) is 0 Å². The van der Waals surface area contributed by atoms with Gasteiger partial charge in [-0.3, -0.25) is 9.59 Å². The van der Waals surface area contributed by atoms with Crippen LogP contribution in [0, 0.1) is 5.92 Å². The van der Waals surface area contributed by atoms with Crippen molar-refractivity contribution in [3.8, 4) is 5.75 Å². The summed E-state index contributed by atoms with van der Waals surface area (Å²) < 4.78 is 6.03. The second kappa shape index (κ2) is 6.62. The molecule has 0 bridgehead atoms. The van der Waals surface area contributed by atoms with E-state index in [4.69, 9.17) is 4.74 Å². The van der Waals surface area contributed by atoms with Crippen LogP contribution in [0.4, 0.5) is 0 Å².